The standard InChI is InChI=1S/C48H80NO8P/c1-6-8-10-12-14-16-18-20-22-23-24-25-27-29-31-33-35-37-39-41-48(51)57-46(45-56-58(52,53)55-43-42-49(3,4)5)44-54-47(50)40-38-36-34-32-30-28-26-21-19-17-15-13-11-9-7-2/h8-11,14-17,20-22,24-26,29,31,46H,6-7,12-13,18-19,23,27-28,30,32-45H2,1-5H3/b10-8-,11-9-,16-14-,17-15-,22-20-,25-24-,26-21-,31-29-/t46-/m1/s1. The maximum absolute atomic E-state index is 12.7. The number of quaternary nitrogens is 1. The molecule has 0 heterocycles. The van der Waals surface area contributed by atoms with E-state index in [0.717, 1.165) is 103 Å². The van der Waals surface area contributed by atoms with Crippen LogP contribution in [0.1, 0.15) is 142 Å². The summed E-state index contributed by atoms with van der Waals surface area (Å²) < 4.78 is 33.8. The molecule has 0 fully saturated rings. The zero-order valence-electron chi connectivity index (χ0n) is 36.9. The first-order chi connectivity index (χ1) is 28.0. The molecule has 0 saturated carbocycles. The number of allylic oxidation sites excluding steroid dienone is 16. The summed E-state index contributed by atoms with van der Waals surface area (Å²) in [7, 11) is 1.11. The van der Waals surface area contributed by atoms with Crippen LogP contribution in [0.5, 0.6) is 0 Å². The molecule has 2 atom stereocenters. The van der Waals surface area contributed by atoms with Gasteiger partial charge in [0, 0.05) is 12.8 Å². The fourth-order valence-corrected chi connectivity index (χ4v) is 5.95. The van der Waals surface area contributed by atoms with E-state index in [1.807, 2.05) is 21.1 Å². The van der Waals surface area contributed by atoms with E-state index in [0.29, 0.717) is 23.9 Å². The van der Waals surface area contributed by atoms with Crippen molar-refractivity contribution in [3.63, 3.8) is 0 Å². The number of phosphoric ester groups is 1. The van der Waals surface area contributed by atoms with Crippen molar-refractivity contribution in [1.82, 2.24) is 0 Å². The third-order valence-electron chi connectivity index (χ3n) is 8.60. The van der Waals surface area contributed by atoms with E-state index in [1.165, 1.54) is 0 Å². The van der Waals surface area contributed by atoms with Gasteiger partial charge >= 0.3 is 11.9 Å². The first-order valence-corrected chi connectivity index (χ1v) is 23.4. The minimum absolute atomic E-state index is 0.0466. The average Bonchev–Trinajstić information content (AvgIpc) is 3.17. The summed E-state index contributed by atoms with van der Waals surface area (Å²) in [6, 6.07) is 0. The lowest BCUT2D eigenvalue weighted by Gasteiger charge is -2.28. The molecule has 0 aromatic carbocycles. The summed E-state index contributed by atoms with van der Waals surface area (Å²) in [4.78, 5) is 37.5. The van der Waals surface area contributed by atoms with Crippen LogP contribution in [0.25, 0.3) is 0 Å². The number of hydrogen-bond donors (Lipinski definition) is 0. The molecule has 0 aliphatic heterocycles. The van der Waals surface area contributed by atoms with Gasteiger partial charge in [-0.05, 0) is 89.9 Å². The van der Waals surface area contributed by atoms with Gasteiger partial charge in [0.1, 0.15) is 19.8 Å². The highest BCUT2D eigenvalue weighted by molar-refractivity contribution is 7.45. The minimum Gasteiger partial charge on any atom is -0.756 e. The lowest BCUT2D eigenvalue weighted by Crippen LogP contribution is -2.37. The van der Waals surface area contributed by atoms with Crippen molar-refractivity contribution in [2.45, 2.75) is 148 Å². The van der Waals surface area contributed by atoms with Crippen molar-refractivity contribution < 1.29 is 42.1 Å². The van der Waals surface area contributed by atoms with Crippen LogP contribution >= 0.6 is 7.82 Å². The number of hydrogen-bond acceptors (Lipinski definition) is 8. The van der Waals surface area contributed by atoms with E-state index >= 15 is 0 Å². The average molecular weight is 830 g/mol. The number of nitrogens with zero attached hydrogens (tertiary/aromatic N) is 1. The van der Waals surface area contributed by atoms with Crippen LogP contribution in [0.15, 0.2) is 97.2 Å². The van der Waals surface area contributed by atoms with Gasteiger partial charge in [-0.2, -0.15) is 0 Å². The zero-order valence-corrected chi connectivity index (χ0v) is 37.8. The third-order valence-corrected chi connectivity index (χ3v) is 9.56. The number of phosphoric acid groups is 1. The quantitative estimate of drug-likeness (QED) is 0.0199. The Morgan fingerprint density at radius 1 is 0.534 bits per heavy atom. The molecule has 9 nitrogen and oxygen atoms in total. The highest BCUT2D eigenvalue weighted by Crippen LogP contribution is 2.38. The Bertz CT molecular complexity index is 1300. The van der Waals surface area contributed by atoms with Crippen LogP contribution in [0.3, 0.4) is 0 Å². The molecule has 10 heteroatoms. The van der Waals surface area contributed by atoms with E-state index in [2.05, 4.69) is 111 Å². The summed E-state index contributed by atoms with van der Waals surface area (Å²) in [6.45, 7) is 3.91. The first kappa shape index (κ1) is 54.9. The van der Waals surface area contributed by atoms with Crippen LogP contribution in [-0.2, 0) is 32.7 Å². The van der Waals surface area contributed by atoms with Crippen molar-refractivity contribution in [2.75, 3.05) is 47.5 Å². The molecule has 1 unspecified atom stereocenters. The Morgan fingerprint density at radius 2 is 0.931 bits per heavy atom. The normalized spacial score (nSPS) is 14.5. The molecule has 0 N–H and O–H groups in total. The molecular formula is C48H80NO8P. The number of carbonyl (C=O) groups excluding carboxylic acids is 2. The number of ether oxygens (including phenoxy) is 2. The van der Waals surface area contributed by atoms with Gasteiger partial charge < -0.3 is 27.9 Å². The van der Waals surface area contributed by atoms with E-state index in [-0.39, 0.29) is 26.1 Å². The van der Waals surface area contributed by atoms with Crippen LogP contribution in [-0.4, -0.2) is 70.0 Å². The van der Waals surface area contributed by atoms with Crippen molar-refractivity contribution >= 4 is 19.8 Å². The van der Waals surface area contributed by atoms with E-state index in [1.54, 1.807) is 0 Å². The second-order valence-corrected chi connectivity index (χ2v) is 16.7. The topological polar surface area (TPSA) is 111 Å². The van der Waals surface area contributed by atoms with Crippen LogP contribution in [0, 0.1) is 0 Å². The molecule has 0 aromatic rings. The fourth-order valence-electron chi connectivity index (χ4n) is 5.22. The molecule has 0 aliphatic carbocycles. The number of rotatable bonds is 38. The number of likely N-dealkylation sites (N-methyl/N-ethyl adjacent to an activating group) is 1. The molecule has 0 radical (unpaired) electrons. The summed E-state index contributed by atoms with van der Waals surface area (Å²) in [5, 5.41) is 0. The fraction of sp³-hybridized carbons (Fsp3) is 0.625. The van der Waals surface area contributed by atoms with Crippen LogP contribution in [0.2, 0.25) is 0 Å². The summed E-state index contributed by atoms with van der Waals surface area (Å²) >= 11 is 0. The minimum atomic E-state index is -4.65. The highest BCUT2D eigenvalue weighted by atomic mass is 31.2. The van der Waals surface area contributed by atoms with Gasteiger partial charge in [-0.15, -0.1) is 0 Å². The molecule has 0 aromatic heterocycles. The van der Waals surface area contributed by atoms with E-state index in [4.69, 9.17) is 18.5 Å². The zero-order chi connectivity index (χ0) is 42.8. The largest absolute Gasteiger partial charge is 0.756 e. The van der Waals surface area contributed by atoms with Crippen molar-refractivity contribution in [3.05, 3.63) is 97.2 Å². The van der Waals surface area contributed by atoms with Gasteiger partial charge in [0.2, 0.25) is 0 Å². The van der Waals surface area contributed by atoms with Crippen LogP contribution in [0.4, 0.5) is 0 Å². The van der Waals surface area contributed by atoms with E-state index in [9.17, 15) is 19.0 Å². The van der Waals surface area contributed by atoms with Crippen LogP contribution < -0.4 is 4.89 Å². The van der Waals surface area contributed by atoms with E-state index < -0.39 is 32.5 Å². The molecule has 0 aliphatic rings. The van der Waals surface area contributed by atoms with Gasteiger partial charge in [-0.3, -0.25) is 14.2 Å². The molecule has 0 amide bonds. The van der Waals surface area contributed by atoms with Gasteiger partial charge in [0.25, 0.3) is 7.82 Å². The lowest BCUT2D eigenvalue weighted by atomic mass is 10.1. The second kappa shape index (κ2) is 39.4. The van der Waals surface area contributed by atoms with Gasteiger partial charge in [0.05, 0.1) is 27.7 Å². The molecule has 0 spiro atoms. The lowest BCUT2D eigenvalue weighted by molar-refractivity contribution is -0.870. The molecular weight excluding hydrogens is 750 g/mol. The predicted molar refractivity (Wildman–Crippen MR) is 240 cm³/mol. The van der Waals surface area contributed by atoms with Crippen molar-refractivity contribution in [3.8, 4) is 0 Å². The Hall–Kier alpha value is -3.07. The summed E-state index contributed by atoms with van der Waals surface area (Å²) in [5.41, 5.74) is 0. The highest BCUT2D eigenvalue weighted by Gasteiger charge is 2.21. The molecule has 330 valence electrons. The number of carbonyl (C=O) groups is 2. The smallest absolute Gasteiger partial charge is 0.306 e. The number of unbranched alkanes of at least 4 members (excludes halogenated alkanes) is 8. The summed E-state index contributed by atoms with van der Waals surface area (Å²) in [5.74, 6) is -0.904. The maximum Gasteiger partial charge on any atom is 0.306 e. The molecule has 58 heavy (non-hydrogen) atoms. The SMILES string of the molecule is CC/C=C\C/C=C\C/C=C\C/C=C\C/C=C\CCCCCC(=O)O[C@H](COC(=O)CCCCCCC/C=C\C/C=C\C/C=C\CC)COP(=O)([O-])OCC[N+](C)(C)C. The molecule has 0 rings (SSSR count). The Labute approximate surface area is 353 Å². The van der Waals surface area contributed by atoms with Gasteiger partial charge in [-0.25, -0.2) is 0 Å². The second-order valence-electron chi connectivity index (χ2n) is 15.3. The Morgan fingerprint density at radius 3 is 1.40 bits per heavy atom. The first-order valence-electron chi connectivity index (χ1n) is 21.9. The molecule has 0 bridgehead atoms. The monoisotopic (exact) mass is 830 g/mol. The van der Waals surface area contributed by atoms with Crippen molar-refractivity contribution in [1.29, 1.82) is 0 Å². The predicted octanol–water partition coefficient (Wildman–Crippen LogP) is 11.9. The summed E-state index contributed by atoms with van der Waals surface area (Å²) in [6.07, 6.45) is 51.5. The van der Waals surface area contributed by atoms with Crippen molar-refractivity contribution in [2.24, 2.45) is 0 Å². The van der Waals surface area contributed by atoms with Gasteiger partial charge in [-0.1, -0.05) is 137 Å². The number of esters is 2. The third kappa shape index (κ3) is 42.5. The molecule has 0 saturated heterocycles. The maximum atomic E-state index is 12.7. The van der Waals surface area contributed by atoms with Gasteiger partial charge in [0.15, 0.2) is 6.10 Å². The Kier molecular flexibility index (Phi) is 37.3. The Balaban J connectivity index is 4.48.